The molecule has 3 aromatic rings. The summed E-state index contributed by atoms with van der Waals surface area (Å²) in [5.41, 5.74) is 4.58. The van der Waals surface area contributed by atoms with E-state index in [-0.39, 0.29) is 11.5 Å². The summed E-state index contributed by atoms with van der Waals surface area (Å²) < 4.78 is 0. The fourth-order valence-electron chi connectivity index (χ4n) is 3.72. The number of allylic oxidation sites excluding steroid dienone is 1. The van der Waals surface area contributed by atoms with Gasteiger partial charge in [-0.2, -0.15) is 0 Å². The van der Waals surface area contributed by atoms with E-state index in [0.29, 0.717) is 16.8 Å². The monoisotopic (exact) mass is 330 g/mol. The van der Waals surface area contributed by atoms with Gasteiger partial charge in [-0.25, -0.2) is 0 Å². The van der Waals surface area contributed by atoms with E-state index in [2.05, 4.69) is 10.3 Å². The zero-order valence-electron chi connectivity index (χ0n) is 13.1. The Labute approximate surface area is 142 Å². The number of rotatable bonds is 1. The highest BCUT2D eigenvalue weighted by Crippen LogP contribution is 2.45. The molecule has 5 rings (SSSR count). The molecular formula is C20H14N2O3. The van der Waals surface area contributed by atoms with Crippen LogP contribution in [-0.2, 0) is 0 Å². The van der Waals surface area contributed by atoms with Crippen LogP contribution in [0, 0.1) is 0 Å². The standard InChI is InChI=1S/C20H14N2O3/c23-11-6-7-14-12(8-11)16-13-9-21-20(25)17(13)15(19(24)18(16)22-14)10-4-2-1-3-5-10/h1-9,20-23,25H. The van der Waals surface area contributed by atoms with E-state index in [0.717, 1.165) is 27.6 Å². The SMILES string of the molecule is O=C1C(c2ccccc2)=C2C(=CNC2O)c2c1[nH]c1ccc(O)cc21. The van der Waals surface area contributed by atoms with Gasteiger partial charge in [-0.3, -0.25) is 4.79 Å². The fraction of sp³-hybridized carbons (Fsp3) is 0.0500. The topological polar surface area (TPSA) is 85.4 Å². The van der Waals surface area contributed by atoms with E-state index in [1.165, 1.54) is 0 Å². The van der Waals surface area contributed by atoms with Crippen molar-refractivity contribution in [1.29, 1.82) is 0 Å². The Bertz CT molecular complexity index is 1110. The second-order valence-electron chi connectivity index (χ2n) is 6.22. The third-order valence-corrected chi connectivity index (χ3v) is 4.79. The number of ketones is 1. The predicted octanol–water partition coefficient (Wildman–Crippen LogP) is 2.79. The molecule has 2 aromatic carbocycles. The second-order valence-corrected chi connectivity index (χ2v) is 6.22. The zero-order chi connectivity index (χ0) is 17.1. The number of phenols is 1. The maximum absolute atomic E-state index is 13.2. The molecule has 4 N–H and O–H groups in total. The number of Topliss-reactive ketones (excluding diaryl/α,β-unsaturated/α-hetero) is 1. The lowest BCUT2D eigenvalue weighted by Crippen LogP contribution is -2.24. The van der Waals surface area contributed by atoms with E-state index in [1.807, 2.05) is 30.3 Å². The average molecular weight is 330 g/mol. The summed E-state index contributed by atoms with van der Waals surface area (Å²) in [7, 11) is 0. The van der Waals surface area contributed by atoms with Crippen molar-refractivity contribution in [2.45, 2.75) is 6.23 Å². The maximum atomic E-state index is 13.2. The van der Waals surface area contributed by atoms with Gasteiger partial charge in [0.1, 0.15) is 5.75 Å². The van der Waals surface area contributed by atoms with Crippen LogP contribution in [0.1, 0.15) is 21.6 Å². The van der Waals surface area contributed by atoms with Crippen LogP contribution < -0.4 is 5.32 Å². The van der Waals surface area contributed by atoms with Crippen molar-refractivity contribution in [3.8, 4) is 5.75 Å². The van der Waals surface area contributed by atoms with Crippen LogP contribution in [0.25, 0.3) is 22.0 Å². The van der Waals surface area contributed by atoms with Gasteiger partial charge in [-0.05, 0) is 23.8 Å². The first-order valence-corrected chi connectivity index (χ1v) is 7.99. The molecule has 0 saturated heterocycles. The number of carbonyl (C=O) groups excluding carboxylic acids is 1. The van der Waals surface area contributed by atoms with Gasteiger partial charge in [0.05, 0.1) is 5.69 Å². The number of benzene rings is 2. The molecule has 0 bridgehead atoms. The lowest BCUT2D eigenvalue weighted by atomic mass is 9.81. The zero-order valence-corrected chi connectivity index (χ0v) is 13.1. The number of H-pyrrole nitrogens is 1. The first kappa shape index (κ1) is 14.1. The van der Waals surface area contributed by atoms with Gasteiger partial charge in [0, 0.05) is 39.4 Å². The number of aliphatic hydroxyl groups excluding tert-OH is 1. The summed E-state index contributed by atoms with van der Waals surface area (Å²) in [6.45, 7) is 0. The number of phenolic OH excluding ortho intramolecular Hbond substituents is 1. The largest absolute Gasteiger partial charge is 0.508 e. The van der Waals surface area contributed by atoms with E-state index in [4.69, 9.17) is 0 Å². The highest BCUT2D eigenvalue weighted by atomic mass is 16.3. The van der Waals surface area contributed by atoms with Crippen LogP contribution >= 0.6 is 0 Å². The van der Waals surface area contributed by atoms with E-state index in [9.17, 15) is 15.0 Å². The molecule has 1 atom stereocenters. The molecule has 25 heavy (non-hydrogen) atoms. The lowest BCUT2D eigenvalue weighted by Gasteiger charge is -2.21. The molecule has 2 aliphatic rings. The van der Waals surface area contributed by atoms with Gasteiger partial charge in [0.2, 0.25) is 5.78 Å². The minimum absolute atomic E-state index is 0.133. The first-order chi connectivity index (χ1) is 12.1. The highest BCUT2D eigenvalue weighted by Gasteiger charge is 2.38. The van der Waals surface area contributed by atoms with Crippen LogP contribution in [0.4, 0.5) is 0 Å². The van der Waals surface area contributed by atoms with Gasteiger partial charge >= 0.3 is 0 Å². The lowest BCUT2D eigenvalue weighted by molar-refractivity contribution is 0.104. The Kier molecular flexibility index (Phi) is 2.73. The van der Waals surface area contributed by atoms with E-state index in [1.54, 1.807) is 24.4 Å². The Balaban J connectivity index is 1.86. The van der Waals surface area contributed by atoms with Crippen LogP contribution in [0.5, 0.6) is 5.75 Å². The van der Waals surface area contributed by atoms with Gasteiger partial charge in [-0.15, -0.1) is 0 Å². The minimum Gasteiger partial charge on any atom is -0.508 e. The molecule has 2 heterocycles. The molecular weight excluding hydrogens is 316 g/mol. The van der Waals surface area contributed by atoms with Crippen molar-refractivity contribution >= 4 is 27.8 Å². The Morgan fingerprint density at radius 2 is 1.84 bits per heavy atom. The summed E-state index contributed by atoms with van der Waals surface area (Å²) in [6.07, 6.45) is 0.788. The van der Waals surface area contributed by atoms with Crippen molar-refractivity contribution in [3.63, 3.8) is 0 Å². The van der Waals surface area contributed by atoms with Crippen molar-refractivity contribution < 1.29 is 15.0 Å². The number of hydrogen-bond acceptors (Lipinski definition) is 4. The second kappa shape index (κ2) is 4.84. The van der Waals surface area contributed by atoms with Crippen LogP contribution in [0.3, 0.4) is 0 Å². The van der Waals surface area contributed by atoms with Crippen molar-refractivity contribution in [2.24, 2.45) is 0 Å². The third kappa shape index (κ3) is 1.84. The molecule has 122 valence electrons. The molecule has 0 radical (unpaired) electrons. The minimum atomic E-state index is -0.940. The van der Waals surface area contributed by atoms with Crippen LogP contribution in [-0.4, -0.2) is 27.2 Å². The maximum Gasteiger partial charge on any atom is 0.210 e. The molecule has 1 unspecified atom stereocenters. The number of aliphatic hydroxyl groups is 1. The molecule has 0 saturated carbocycles. The molecule has 5 nitrogen and oxygen atoms in total. The number of aromatic amines is 1. The number of aromatic hydroxyl groups is 1. The normalized spacial score (nSPS) is 18.8. The third-order valence-electron chi connectivity index (χ3n) is 4.79. The van der Waals surface area contributed by atoms with Crippen molar-refractivity contribution in [3.05, 3.63) is 77.1 Å². The van der Waals surface area contributed by atoms with Gasteiger partial charge in [-0.1, -0.05) is 30.3 Å². The van der Waals surface area contributed by atoms with Crippen LogP contribution in [0.15, 0.2) is 60.3 Å². The molecule has 0 amide bonds. The molecule has 1 aliphatic carbocycles. The summed E-state index contributed by atoms with van der Waals surface area (Å²) in [4.78, 5) is 16.4. The number of carbonyl (C=O) groups is 1. The number of nitrogens with one attached hydrogen (secondary N) is 2. The molecule has 1 aromatic heterocycles. The first-order valence-electron chi connectivity index (χ1n) is 7.99. The summed E-state index contributed by atoms with van der Waals surface area (Å²) in [5.74, 6) is -0.0278. The van der Waals surface area contributed by atoms with Gasteiger partial charge < -0.3 is 20.5 Å². The van der Waals surface area contributed by atoms with E-state index >= 15 is 0 Å². The quantitative estimate of drug-likeness (QED) is 0.553. The van der Waals surface area contributed by atoms with Crippen molar-refractivity contribution in [2.75, 3.05) is 0 Å². The number of hydrogen-bond donors (Lipinski definition) is 4. The van der Waals surface area contributed by atoms with Gasteiger partial charge in [0.15, 0.2) is 6.23 Å². The Morgan fingerprint density at radius 1 is 1.04 bits per heavy atom. The Morgan fingerprint density at radius 3 is 2.64 bits per heavy atom. The molecule has 1 aliphatic heterocycles. The highest BCUT2D eigenvalue weighted by molar-refractivity contribution is 6.36. The van der Waals surface area contributed by atoms with E-state index < -0.39 is 6.23 Å². The molecule has 0 fully saturated rings. The molecule has 5 heteroatoms. The van der Waals surface area contributed by atoms with Gasteiger partial charge in [0.25, 0.3) is 0 Å². The number of aromatic nitrogens is 1. The summed E-state index contributed by atoms with van der Waals surface area (Å²) in [5, 5.41) is 23.9. The van der Waals surface area contributed by atoms with Crippen molar-refractivity contribution in [1.82, 2.24) is 10.3 Å². The smallest absolute Gasteiger partial charge is 0.210 e. The number of fused-ring (bicyclic) bond motifs is 5. The fourth-order valence-corrected chi connectivity index (χ4v) is 3.72. The van der Waals surface area contributed by atoms with Crippen LogP contribution in [0.2, 0.25) is 0 Å². The predicted molar refractivity (Wildman–Crippen MR) is 94.8 cm³/mol. The Hall–Kier alpha value is -3.31. The molecule has 0 spiro atoms. The summed E-state index contributed by atoms with van der Waals surface area (Å²) in [6, 6.07) is 14.3. The average Bonchev–Trinajstić information content (AvgIpc) is 3.17. The summed E-state index contributed by atoms with van der Waals surface area (Å²) >= 11 is 0.